The lowest BCUT2D eigenvalue weighted by molar-refractivity contribution is -0.121. The lowest BCUT2D eigenvalue weighted by Gasteiger charge is -2.12. The van der Waals surface area contributed by atoms with Gasteiger partial charge in [-0.15, -0.1) is 0 Å². The second-order valence-corrected chi connectivity index (χ2v) is 8.31. The fraction of sp³-hybridized carbons (Fsp3) is 0.500. The van der Waals surface area contributed by atoms with Crippen LogP contribution in [0.3, 0.4) is 0 Å². The summed E-state index contributed by atoms with van der Waals surface area (Å²) >= 11 is 0. The minimum Gasteiger partial charge on any atom is -0.434 e. The summed E-state index contributed by atoms with van der Waals surface area (Å²) in [4.78, 5) is 11.9. The zero-order chi connectivity index (χ0) is 18.6. The number of alkyl halides is 2. The predicted molar refractivity (Wildman–Crippen MR) is 89.5 cm³/mol. The average Bonchev–Trinajstić information content (AvgIpc) is 2.85. The molecule has 1 aromatic rings. The maximum atomic E-state index is 12.5. The van der Waals surface area contributed by atoms with Crippen molar-refractivity contribution in [3.05, 3.63) is 29.3 Å². The molecule has 0 aromatic heterocycles. The van der Waals surface area contributed by atoms with Crippen molar-refractivity contribution in [2.75, 3.05) is 11.5 Å². The van der Waals surface area contributed by atoms with Crippen LogP contribution >= 0.6 is 0 Å². The number of aryl methyl sites for hydroxylation is 1. The molecule has 138 valence electrons. The first kappa shape index (κ1) is 19.3. The van der Waals surface area contributed by atoms with Gasteiger partial charge in [0, 0.05) is 12.0 Å². The van der Waals surface area contributed by atoms with Crippen LogP contribution in [0.1, 0.15) is 30.9 Å². The first-order valence-electron chi connectivity index (χ1n) is 7.75. The van der Waals surface area contributed by atoms with E-state index >= 15 is 0 Å². The van der Waals surface area contributed by atoms with Crippen molar-refractivity contribution >= 4 is 21.5 Å². The first-order chi connectivity index (χ1) is 11.7. The van der Waals surface area contributed by atoms with E-state index < -0.39 is 22.4 Å². The molecule has 0 unspecified atom stereocenters. The highest BCUT2D eigenvalue weighted by atomic mass is 32.2. The van der Waals surface area contributed by atoms with Gasteiger partial charge in [-0.05, 0) is 38.3 Å². The van der Waals surface area contributed by atoms with E-state index in [1.807, 2.05) is 0 Å². The van der Waals surface area contributed by atoms with Crippen LogP contribution in [0.25, 0.3) is 0 Å². The van der Waals surface area contributed by atoms with Gasteiger partial charge >= 0.3 is 6.61 Å². The highest BCUT2D eigenvalue weighted by Gasteiger charge is 2.29. The van der Waals surface area contributed by atoms with Gasteiger partial charge < -0.3 is 4.74 Å². The summed E-state index contributed by atoms with van der Waals surface area (Å²) in [6.07, 6.45) is 0.521. The van der Waals surface area contributed by atoms with Gasteiger partial charge in [-0.3, -0.25) is 4.79 Å². The lowest BCUT2D eigenvalue weighted by atomic mass is 10.1. The zero-order valence-electron chi connectivity index (χ0n) is 14.0. The number of hydrogen-bond acceptors (Lipinski definition) is 5. The number of amides is 1. The van der Waals surface area contributed by atoms with Crippen molar-refractivity contribution in [3.8, 4) is 5.75 Å². The molecule has 0 saturated carbocycles. The number of rotatable bonds is 6. The summed E-state index contributed by atoms with van der Waals surface area (Å²) in [7, 11) is -3.04. The van der Waals surface area contributed by atoms with Gasteiger partial charge in [0.25, 0.3) is 0 Å². The van der Waals surface area contributed by atoms with Crippen LogP contribution in [0.15, 0.2) is 23.3 Å². The Morgan fingerprint density at radius 2 is 2.16 bits per heavy atom. The number of ether oxygens (including phenoxy) is 1. The normalized spacial score (nSPS) is 19.9. The minimum absolute atomic E-state index is 0.00731. The number of carbonyl (C=O) groups is 1. The van der Waals surface area contributed by atoms with E-state index in [0.717, 1.165) is 5.56 Å². The summed E-state index contributed by atoms with van der Waals surface area (Å²) in [5.74, 6) is -0.543. The summed E-state index contributed by atoms with van der Waals surface area (Å²) in [6, 6.07) is 4.68. The standard InChI is InChI=1S/C16H20F2N2O4S/c1-10-3-4-14(24-16(17)18)13(7-10)11(2)19-20-15(21)8-12-5-6-25(22,23)9-12/h3-4,7,12,16H,5-6,8-9H2,1-2H3,(H,20,21)/b19-11-/t12-/m1/s1. The van der Waals surface area contributed by atoms with E-state index in [1.165, 1.54) is 6.07 Å². The molecule has 0 aliphatic carbocycles. The molecule has 1 fully saturated rings. The minimum atomic E-state index is -3.04. The molecule has 1 aliphatic heterocycles. The van der Waals surface area contributed by atoms with Gasteiger partial charge in [-0.25, -0.2) is 13.8 Å². The van der Waals surface area contributed by atoms with Crippen LogP contribution < -0.4 is 10.2 Å². The van der Waals surface area contributed by atoms with E-state index in [4.69, 9.17) is 0 Å². The molecule has 9 heteroatoms. The fourth-order valence-electron chi connectivity index (χ4n) is 2.67. The Balaban J connectivity index is 2.03. The average molecular weight is 374 g/mol. The number of nitrogens with zero attached hydrogens (tertiary/aromatic N) is 1. The molecule has 1 aromatic carbocycles. The third-order valence-electron chi connectivity index (χ3n) is 3.89. The number of sulfone groups is 1. The molecule has 6 nitrogen and oxygen atoms in total. The topological polar surface area (TPSA) is 84.8 Å². The number of carbonyl (C=O) groups excluding carboxylic acids is 1. The van der Waals surface area contributed by atoms with Gasteiger partial charge in [-0.1, -0.05) is 11.6 Å². The Labute approximate surface area is 145 Å². The molecule has 0 bridgehead atoms. The molecule has 1 N–H and O–H groups in total. The van der Waals surface area contributed by atoms with Gasteiger partial charge in [-0.2, -0.15) is 13.9 Å². The van der Waals surface area contributed by atoms with Gasteiger partial charge in [0.15, 0.2) is 9.84 Å². The highest BCUT2D eigenvalue weighted by Crippen LogP contribution is 2.23. The van der Waals surface area contributed by atoms with E-state index in [-0.39, 0.29) is 29.6 Å². The highest BCUT2D eigenvalue weighted by molar-refractivity contribution is 7.91. The molecular formula is C16H20F2N2O4S. The Bertz CT molecular complexity index is 778. The van der Waals surface area contributed by atoms with E-state index in [0.29, 0.717) is 17.7 Å². The van der Waals surface area contributed by atoms with E-state index in [1.54, 1.807) is 26.0 Å². The molecule has 25 heavy (non-hydrogen) atoms. The van der Waals surface area contributed by atoms with Crippen molar-refractivity contribution in [1.82, 2.24) is 5.43 Å². The molecule has 1 atom stereocenters. The van der Waals surface area contributed by atoms with Gasteiger partial charge in [0.2, 0.25) is 5.91 Å². The summed E-state index contributed by atoms with van der Waals surface area (Å²) in [5.41, 5.74) is 3.84. The van der Waals surface area contributed by atoms with Crippen molar-refractivity contribution in [3.63, 3.8) is 0 Å². The Morgan fingerprint density at radius 3 is 2.76 bits per heavy atom. The summed E-state index contributed by atoms with van der Waals surface area (Å²) in [6.45, 7) is 0.392. The molecule has 1 aliphatic rings. The molecule has 0 radical (unpaired) electrons. The second-order valence-electron chi connectivity index (χ2n) is 6.08. The van der Waals surface area contributed by atoms with E-state index in [9.17, 15) is 22.0 Å². The number of halogens is 2. The van der Waals surface area contributed by atoms with Crippen LogP contribution in [0.2, 0.25) is 0 Å². The first-order valence-corrected chi connectivity index (χ1v) is 9.58. The second kappa shape index (κ2) is 7.90. The van der Waals surface area contributed by atoms with Crippen molar-refractivity contribution in [2.45, 2.75) is 33.3 Å². The monoisotopic (exact) mass is 374 g/mol. The molecule has 0 spiro atoms. The third-order valence-corrected chi connectivity index (χ3v) is 5.73. The van der Waals surface area contributed by atoms with Crippen LogP contribution in [0.4, 0.5) is 8.78 Å². The Kier molecular flexibility index (Phi) is 6.10. The zero-order valence-corrected chi connectivity index (χ0v) is 14.8. The quantitative estimate of drug-likeness (QED) is 0.611. The predicted octanol–water partition coefficient (Wildman–Crippen LogP) is 2.26. The Morgan fingerprint density at radius 1 is 1.44 bits per heavy atom. The molecule has 1 saturated heterocycles. The smallest absolute Gasteiger partial charge is 0.387 e. The SMILES string of the molecule is C/C(=N/NC(=O)C[C@H]1CCS(=O)(=O)C1)c1cc(C)ccc1OC(F)F. The Hall–Kier alpha value is -2.03. The van der Waals surface area contributed by atoms with Crippen molar-refractivity contribution in [1.29, 1.82) is 0 Å². The fourth-order valence-corrected chi connectivity index (χ4v) is 4.53. The van der Waals surface area contributed by atoms with Crippen LogP contribution in [-0.4, -0.2) is 38.2 Å². The van der Waals surface area contributed by atoms with Crippen LogP contribution in [0.5, 0.6) is 5.75 Å². The molecular weight excluding hydrogens is 354 g/mol. The molecule has 1 amide bonds. The summed E-state index contributed by atoms with van der Waals surface area (Å²) in [5, 5.41) is 3.92. The van der Waals surface area contributed by atoms with Crippen molar-refractivity contribution < 1.29 is 26.7 Å². The molecule has 2 rings (SSSR count). The number of hydrazone groups is 1. The third kappa shape index (κ3) is 5.77. The van der Waals surface area contributed by atoms with Crippen LogP contribution in [-0.2, 0) is 14.6 Å². The largest absolute Gasteiger partial charge is 0.434 e. The maximum Gasteiger partial charge on any atom is 0.387 e. The van der Waals surface area contributed by atoms with E-state index in [2.05, 4.69) is 15.3 Å². The number of nitrogens with one attached hydrogen (secondary N) is 1. The van der Waals surface area contributed by atoms with Gasteiger partial charge in [0.05, 0.1) is 17.2 Å². The van der Waals surface area contributed by atoms with Crippen LogP contribution in [0, 0.1) is 12.8 Å². The number of hydrogen-bond donors (Lipinski definition) is 1. The van der Waals surface area contributed by atoms with Crippen molar-refractivity contribution in [2.24, 2.45) is 11.0 Å². The molecule has 1 heterocycles. The lowest BCUT2D eigenvalue weighted by Crippen LogP contribution is -2.23. The van der Waals surface area contributed by atoms with Gasteiger partial charge in [0.1, 0.15) is 5.75 Å². The number of benzene rings is 1. The summed E-state index contributed by atoms with van der Waals surface area (Å²) < 4.78 is 52.2. The maximum absolute atomic E-state index is 12.5.